The third-order valence-corrected chi connectivity index (χ3v) is 7.33. The quantitative estimate of drug-likeness (QED) is 0.298. The zero-order chi connectivity index (χ0) is 26.8. The van der Waals surface area contributed by atoms with Crippen molar-refractivity contribution in [1.29, 1.82) is 0 Å². The molecule has 0 aromatic heterocycles. The largest absolute Gasteiger partial charge is 0.462 e. The Bertz CT molecular complexity index is 1510. The minimum absolute atomic E-state index is 0.105. The Balaban J connectivity index is 1.47. The Morgan fingerprint density at radius 3 is 2.18 bits per heavy atom. The predicted molar refractivity (Wildman–Crippen MR) is 130 cm³/mol. The highest BCUT2D eigenvalue weighted by Crippen LogP contribution is 2.57. The van der Waals surface area contributed by atoms with Gasteiger partial charge in [0.15, 0.2) is 0 Å². The van der Waals surface area contributed by atoms with Crippen molar-refractivity contribution in [3.8, 4) is 0 Å². The molecule has 8 nitrogen and oxygen atoms in total. The lowest BCUT2D eigenvalue weighted by atomic mass is 9.77. The molecule has 38 heavy (non-hydrogen) atoms. The van der Waals surface area contributed by atoms with Crippen LogP contribution in [0.1, 0.15) is 49.7 Å². The third-order valence-electron chi connectivity index (χ3n) is 7.33. The third kappa shape index (κ3) is 3.15. The van der Waals surface area contributed by atoms with Crippen LogP contribution in [0, 0.1) is 17.7 Å². The molecule has 2 heterocycles. The maximum atomic E-state index is 14.2. The molecule has 3 aromatic carbocycles. The van der Waals surface area contributed by atoms with Crippen molar-refractivity contribution in [2.75, 3.05) is 11.5 Å². The van der Waals surface area contributed by atoms with E-state index in [2.05, 4.69) is 0 Å². The molecule has 190 valence electrons. The molecule has 0 N–H and O–H groups in total. The summed E-state index contributed by atoms with van der Waals surface area (Å²) in [6.45, 7) is 1.85. The Morgan fingerprint density at radius 2 is 1.58 bits per heavy atom. The van der Waals surface area contributed by atoms with Crippen molar-refractivity contribution in [2.24, 2.45) is 11.8 Å². The lowest BCUT2D eigenvalue weighted by molar-refractivity contribution is -0.127. The number of hydrogen-bond acceptors (Lipinski definition) is 7. The van der Waals surface area contributed by atoms with Gasteiger partial charge < -0.3 is 9.47 Å². The first-order chi connectivity index (χ1) is 18.3. The van der Waals surface area contributed by atoms with Crippen molar-refractivity contribution < 1.29 is 37.8 Å². The molecule has 0 bridgehead atoms. The van der Waals surface area contributed by atoms with Gasteiger partial charge in [0.25, 0.3) is 0 Å². The molecule has 3 aliphatic rings. The van der Waals surface area contributed by atoms with Gasteiger partial charge in [0, 0.05) is 11.1 Å². The Hall–Kier alpha value is -4.50. The summed E-state index contributed by atoms with van der Waals surface area (Å²) in [5.41, 5.74) is -1.43. The zero-order valence-electron chi connectivity index (χ0n) is 20.1. The Morgan fingerprint density at radius 1 is 0.921 bits per heavy atom. The number of carbonyl (C=O) groups is 5. The maximum absolute atomic E-state index is 14.2. The molecule has 1 spiro atoms. The number of hydrogen-bond donors (Lipinski definition) is 0. The van der Waals surface area contributed by atoms with E-state index in [1.54, 1.807) is 19.1 Å². The second kappa shape index (κ2) is 8.53. The summed E-state index contributed by atoms with van der Waals surface area (Å²) in [6.07, 6.45) is -1.22. The molecule has 1 aliphatic carbocycles. The van der Waals surface area contributed by atoms with E-state index in [1.807, 2.05) is 0 Å². The van der Waals surface area contributed by atoms with Crippen molar-refractivity contribution in [1.82, 2.24) is 0 Å². The van der Waals surface area contributed by atoms with Gasteiger partial charge >= 0.3 is 5.97 Å². The monoisotopic (exact) mass is 513 g/mol. The van der Waals surface area contributed by atoms with Crippen molar-refractivity contribution in [3.05, 3.63) is 101 Å². The zero-order valence-corrected chi connectivity index (χ0v) is 20.1. The van der Waals surface area contributed by atoms with Gasteiger partial charge in [0.1, 0.15) is 5.82 Å². The van der Waals surface area contributed by atoms with Crippen LogP contribution in [0.15, 0.2) is 72.8 Å². The summed E-state index contributed by atoms with van der Waals surface area (Å²) >= 11 is 0. The molecule has 6 rings (SSSR count). The fraction of sp³-hybridized carbons (Fsp3) is 0.207. The fourth-order valence-corrected chi connectivity index (χ4v) is 5.72. The number of esters is 1. The summed E-state index contributed by atoms with van der Waals surface area (Å²) in [6, 6.07) is 17.1. The summed E-state index contributed by atoms with van der Waals surface area (Å²) in [5, 5.41) is 0. The highest BCUT2D eigenvalue weighted by molar-refractivity contribution is 6.37. The van der Waals surface area contributed by atoms with Crippen LogP contribution in [-0.2, 0) is 19.1 Å². The number of fused-ring (bicyclic) bond motifs is 3. The SMILES string of the molecule is CCOC(=O)c1ccc(N2C(=O)[C@@H]3[C@@H](c4cccc(F)c4)OC4(C(=O)c5ccccc5C4=O)[C@@H]3C2=O)cc1. The lowest BCUT2D eigenvalue weighted by Crippen LogP contribution is -2.51. The van der Waals surface area contributed by atoms with Crippen LogP contribution in [0.4, 0.5) is 10.1 Å². The minimum Gasteiger partial charge on any atom is -0.462 e. The second-order valence-corrected chi connectivity index (χ2v) is 9.32. The Kier molecular flexibility index (Phi) is 5.36. The smallest absolute Gasteiger partial charge is 0.338 e. The van der Waals surface area contributed by atoms with Crippen molar-refractivity contribution in [2.45, 2.75) is 18.6 Å². The van der Waals surface area contributed by atoms with Crippen molar-refractivity contribution in [3.63, 3.8) is 0 Å². The summed E-state index contributed by atoms with van der Waals surface area (Å²) in [5.74, 6) is -6.74. The van der Waals surface area contributed by atoms with Gasteiger partial charge in [-0.05, 0) is 48.9 Å². The maximum Gasteiger partial charge on any atom is 0.338 e. The van der Waals surface area contributed by atoms with Crippen LogP contribution in [-0.4, -0.2) is 41.6 Å². The van der Waals surface area contributed by atoms with E-state index in [0.29, 0.717) is 0 Å². The van der Waals surface area contributed by atoms with Gasteiger partial charge in [-0.2, -0.15) is 0 Å². The molecule has 2 fully saturated rings. The first-order valence-electron chi connectivity index (χ1n) is 12.1. The van der Waals surface area contributed by atoms with E-state index in [-0.39, 0.29) is 34.5 Å². The van der Waals surface area contributed by atoms with Gasteiger partial charge in [0.05, 0.1) is 35.8 Å². The number of imide groups is 1. The highest BCUT2D eigenvalue weighted by Gasteiger charge is 2.74. The molecule has 0 radical (unpaired) electrons. The van der Waals surface area contributed by atoms with Crippen LogP contribution in [0.25, 0.3) is 0 Å². The molecule has 2 saturated heterocycles. The van der Waals surface area contributed by atoms with E-state index in [1.165, 1.54) is 54.6 Å². The normalized spacial score (nSPS) is 23.2. The van der Waals surface area contributed by atoms with E-state index in [9.17, 15) is 28.4 Å². The average molecular weight is 513 g/mol. The van der Waals surface area contributed by atoms with Gasteiger partial charge in [-0.15, -0.1) is 0 Å². The van der Waals surface area contributed by atoms with E-state index in [4.69, 9.17) is 9.47 Å². The molecule has 0 unspecified atom stereocenters. The number of anilines is 1. The molecule has 2 aliphatic heterocycles. The van der Waals surface area contributed by atoms with Crippen LogP contribution >= 0.6 is 0 Å². The van der Waals surface area contributed by atoms with Gasteiger partial charge in [-0.3, -0.25) is 19.2 Å². The molecule has 3 aromatic rings. The Labute approximate surface area is 216 Å². The average Bonchev–Trinajstić information content (AvgIpc) is 3.49. The first kappa shape index (κ1) is 23.9. The molecule has 2 amide bonds. The van der Waals surface area contributed by atoms with E-state index < -0.39 is 58.7 Å². The molecule has 3 atom stereocenters. The predicted octanol–water partition coefficient (Wildman–Crippen LogP) is 3.70. The number of halogens is 1. The number of benzene rings is 3. The van der Waals surface area contributed by atoms with Gasteiger partial charge in [-0.1, -0.05) is 36.4 Å². The van der Waals surface area contributed by atoms with E-state index in [0.717, 1.165) is 11.0 Å². The van der Waals surface area contributed by atoms with Crippen LogP contribution in [0.5, 0.6) is 0 Å². The second-order valence-electron chi connectivity index (χ2n) is 9.32. The standard InChI is InChI=1S/C29H20FNO7/c1-2-37-28(36)15-10-12-18(13-11-15)31-26(34)21-22(27(31)35)29(38-23(21)16-6-5-7-17(30)14-16)24(32)19-8-3-4-9-20(19)25(29)33/h3-14,21-23H,2H2,1H3/t21-,22-,23+/m0/s1. The van der Waals surface area contributed by atoms with Gasteiger partial charge in [0.2, 0.25) is 29.0 Å². The lowest BCUT2D eigenvalue weighted by Gasteiger charge is -2.27. The number of amides is 2. The number of carbonyl (C=O) groups excluding carboxylic acids is 5. The number of ether oxygens (including phenoxy) is 2. The summed E-state index contributed by atoms with van der Waals surface area (Å²) in [7, 11) is 0. The summed E-state index contributed by atoms with van der Waals surface area (Å²) in [4.78, 5) is 68.2. The van der Waals surface area contributed by atoms with Crippen molar-refractivity contribution >= 4 is 35.0 Å². The summed E-state index contributed by atoms with van der Waals surface area (Å²) < 4.78 is 25.3. The minimum atomic E-state index is -2.25. The number of Topliss-reactive ketones (excluding diaryl/α,β-unsaturated/α-hetero) is 2. The molecular formula is C29H20FNO7. The number of ketones is 2. The van der Waals surface area contributed by atoms with Crippen LogP contribution < -0.4 is 4.90 Å². The topological polar surface area (TPSA) is 107 Å². The number of nitrogens with zero attached hydrogens (tertiary/aromatic N) is 1. The highest BCUT2D eigenvalue weighted by atomic mass is 19.1. The fourth-order valence-electron chi connectivity index (χ4n) is 5.72. The first-order valence-corrected chi connectivity index (χ1v) is 12.1. The molecular weight excluding hydrogens is 493 g/mol. The van der Waals surface area contributed by atoms with E-state index >= 15 is 0 Å². The van der Waals surface area contributed by atoms with Gasteiger partial charge in [-0.25, -0.2) is 14.1 Å². The molecule has 0 saturated carbocycles. The van der Waals surface area contributed by atoms with Crippen LogP contribution in [0.3, 0.4) is 0 Å². The molecule has 9 heteroatoms. The van der Waals surface area contributed by atoms with Crippen LogP contribution in [0.2, 0.25) is 0 Å². The number of rotatable bonds is 4.